The second kappa shape index (κ2) is 5.57. The summed E-state index contributed by atoms with van der Waals surface area (Å²) >= 11 is 0. The Morgan fingerprint density at radius 1 is 1.36 bits per heavy atom. The van der Waals surface area contributed by atoms with Crippen LogP contribution in [0.4, 0.5) is 0 Å². The molecule has 1 amide bonds. The van der Waals surface area contributed by atoms with Crippen molar-refractivity contribution in [3.8, 4) is 11.3 Å². The van der Waals surface area contributed by atoms with E-state index in [-0.39, 0.29) is 11.3 Å². The first-order valence-electron chi connectivity index (χ1n) is 7.43. The number of carbonyl (C=O) groups is 1. The highest BCUT2D eigenvalue weighted by molar-refractivity contribution is 5.93. The highest BCUT2D eigenvalue weighted by atomic mass is 16.5. The maximum Gasteiger partial charge on any atom is 0.271 e. The normalized spacial score (nSPS) is 16.1. The smallest absolute Gasteiger partial charge is 0.271 e. The van der Waals surface area contributed by atoms with Crippen LogP contribution < -0.4 is 0 Å². The number of ether oxygens (including phenoxy) is 1. The largest absolute Gasteiger partial charge is 0.380 e. The van der Waals surface area contributed by atoms with Crippen LogP contribution in [0, 0.1) is 12.3 Å². The Balaban J connectivity index is 1.72. The third kappa shape index (κ3) is 2.90. The van der Waals surface area contributed by atoms with Crippen molar-refractivity contribution in [1.29, 1.82) is 0 Å². The molecule has 1 N–H and O–H groups in total. The van der Waals surface area contributed by atoms with Gasteiger partial charge in [0.1, 0.15) is 5.69 Å². The van der Waals surface area contributed by atoms with Crippen LogP contribution in [0.25, 0.3) is 11.3 Å². The zero-order chi connectivity index (χ0) is 15.7. The van der Waals surface area contributed by atoms with Crippen LogP contribution in [0.3, 0.4) is 0 Å². The number of aromatic nitrogens is 2. The summed E-state index contributed by atoms with van der Waals surface area (Å²) in [6, 6.07) is 9.90. The van der Waals surface area contributed by atoms with Gasteiger partial charge in [0.25, 0.3) is 5.91 Å². The van der Waals surface area contributed by atoms with E-state index < -0.39 is 0 Å². The molecular weight excluding hydrogens is 278 g/mol. The first-order valence-corrected chi connectivity index (χ1v) is 7.43. The number of H-pyrrole nitrogens is 1. The Hall–Kier alpha value is -2.14. The molecule has 1 aliphatic rings. The van der Waals surface area contributed by atoms with Crippen LogP contribution in [0.2, 0.25) is 0 Å². The molecule has 2 heterocycles. The molecule has 5 nitrogen and oxygen atoms in total. The Kier molecular flexibility index (Phi) is 3.74. The summed E-state index contributed by atoms with van der Waals surface area (Å²) in [6.45, 7) is 6.28. The maximum atomic E-state index is 12.5. The average Bonchev–Trinajstić information content (AvgIpc) is 2.95. The molecule has 0 spiro atoms. The first-order chi connectivity index (χ1) is 10.5. The zero-order valence-electron chi connectivity index (χ0n) is 13.2. The lowest BCUT2D eigenvalue weighted by Gasteiger charge is -2.40. The molecule has 116 valence electrons. The molecule has 3 rings (SSSR count). The van der Waals surface area contributed by atoms with E-state index in [1.54, 1.807) is 4.90 Å². The first kappa shape index (κ1) is 14.8. The fraction of sp³-hybridized carbons (Fsp3) is 0.412. The summed E-state index contributed by atoms with van der Waals surface area (Å²) in [7, 11) is 1.82. The Bertz CT molecular complexity index is 671. The average molecular weight is 299 g/mol. The van der Waals surface area contributed by atoms with Gasteiger partial charge in [0, 0.05) is 24.6 Å². The fourth-order valence-corrected chi connectivity index (χ4v) is 2.70. The minimum absolute atomic E-state index is 0.0426. The minimum Gasteiger partial charge on any atom is -0.380 e. The van der Waals surface area contributed by atoms with Gasteiger partial charge in [-0.25, -0.2) is 0 Å². The molecule has 1 fully saturated rings. The van der Waals surface area contributed by atoms with Crippen molar-refractivity contribution in [3.63, 3.8) is 0 Å². The molecule has 0 aliphatic carbocycles. The summed E-state index contributed by atoms with van der Waals surface area (Å²) < 4.78 is 5.24. The highest BCUT2D eigenvalue weighted by Crippen LogP contribution is 2.27. The van der Waals surface area contributed by atoms with Crippen molar-refractivity contribution in [2.75, 3.05) is 26.8 Å². The van der Waals surface area contributed by atoms with Gasteiger partial charge >= 0.3 is 0 Å². The molecule has 1 aromatic carbocycles. The third-order valence-corrected chi connectivity index (χ3v) is 4.02. The van der Waals surface area contributed by atoms with E-state index in [4.69, 9.17) is 4.74 Å². The molecule has 2 aromatic rings. The number of nitrogens with one attached hydrogen (secondary N) is 1. The van der Waals surface area contributed by atoms with E-state index >= 15 is 0 Å². The summed E-state index contributed by atoms with van der Waals surface area (Å²) in [4.78, 5) is 14.2. The lowest BCUT2D eigenvalue weighted by atomic mass is 9.88. The third-order valence-electron chi connectivity index (χ3n) is 4.02. The summed E-state index contributed by atoms with van der Waals surface area (Å²) in [5, 5.41) is 7.10. The SMILES string of the molecule is Cc1ccc(-c2cc(C(=O)N(C)CC3(C)COC3)[nH]n2)cc1. The topological polar surface area (TPSA) is 58.2 Å². The van der Waals surface area contributed by atoms with Gasteiger partial charge in [-0.2, -0.15) is 5.10 Å². The van der Waals surface area contributed by atoms with Crippen LogP contribution >= 0.6 is 0 Å². The Labute approximate surface area is 130 Å². The molecule has 1 aromatic heterocycles. The molecule has 22 heavy (non-hydrogen) atoms. The second-order valence-corrected chi connectivity index (χ2v) is 6.50. The van der Waals surface area contributed by atoms with Gasteiger partial charge in [0.15, 0.2) is 0 Å². The number of rotatable bonds is 4. The predicted molar refractivity (Wildman–Crippen MR) is 84.6 cm³/mol. The lowest BCUT2D eigenvalue weighted by molar-refractivity contribution is -0.109. The van der Waals surface area contributed by atoms with Crippen molar-refractivity contribution in [1.82, 2.24) is 15.1 Å². The summed E-state index contributed by atoms with van der Waals surface area (Å²) in [5.41, 5.74) is 3.58. The summed E-state index contributed by atoms with van der Waals surface area (Å²) in [5.74, 6) is -0.0426. The van der Waals surface area contributed by atoms with E-state index in [1.807, 2.05) is 44.3 Å². The number of aromatic amines is 1. The van der Waals surface area contributed by atoms with Gasteiger partial charge in [0.2, 0.25) is 0 Å². The second-order valence-electron chi connectivity index (χ2n) is 6.50. The number of benzene rings is 1. The van der Waals surface area contributed by atoms with Gasteiger partial charge in [-0.1, -0.05) is 36.8 Å². The van der Waals surface area contributed by atoms with E-state index in [1.165, 1.54) is 5.56 Å². The maximum absolute atomic E-state index is 12.5. The van der Waals surface area contributed by atoms with Crippen LogP contribution in [0.15, 0.2) is 30.3 Å². The molecule has 1 aliphatic heterocycles. The Morgan fingerprint density at radius 2 is 2.05 bits per heavy atom. The van der Waals surface area contributed by atoms with Gasteiger partial charge < -0.3 is 9.64 Å². The van der Waals surface area contributed by atoms with Gasteiger partial charge in [-0.05, 0) is 13.0 Å². The molecule has 0 saturated carbocycles. The van der Waals surface area contributed by atoms with E-state index in [9.17, 15) is 4.79 Å². The number of aryl methyl sites for hydroxylation is 1. The van der Waals surface area contributed by atoms with Crippen LogP contribution in [0.1, 0.15) is 23.0 Å². The molecular formula is C17H21N3O2. The minimum atomic E-state index is -0.0426. The zero-order valence-corrected chi connectivity index (χ0v) is 13.2. The van der Waals surface area contributed by atoms with E-state index in [2.05, 4.69) is 17.1 Å². The lowest BCUT2D eigenvalue weighted by Crippen LogP contribution is -2.49. The molecule has 0 radical (unpaired) electrons. The standard InChI is InChI=1S/C17H21N3O2/c1-12-4-6-13(7-5-12)14-8-15(19-18-14)16(21)20(3)9-17(2)10-22-11-17/h4-8H,9-11H2,1-3H3,(H,18,19). The number of hydrogen-bond donors (Lipinski definition) is 1. The van der Waals surface area contributed by atoms with Crippen LogP contribution in [-0.4, -0.2) is 47.8 Å². The van der Waals surface area contributed by atoms with E-state index in [0.717, 1.165) is 11.3 Å². The van der Waals surface area contributed by atoms with Crippen molar-refractivity contribution in [3.05, 3.63) is 41.6 Å². The Morgan fingerprint density at radius 3 is 2.64 bits per heavy atom. The quantitative estimate of drug-likeness (QED) is 0.943. The highest BCUT2D eigenvalue weighted by Gasteiger charge is 2.35. The van der Waals surface area contributed by atoms with Crippen molar-refractivity contribution in [2.24, 2.45) is 5.41 Å². The fourth-order valence-electron chi connectivity index (χ4n) is 2.70. The van der Waals surface area contributed by atoms with Crippen molar-refractivity contribution < 1.29 is 9.53 Å². The molecule has 0 atom stereocenters. The van der Waals surface area contributed by atoms with Crippen LogP contribution in [-0.2, 0) is 4.74 Å². The number of amides is 1. The van der Waals surface area contributed by atoms with Gasteiger partial charge in [0.05, 0.1) is 18.9 Å². The van der Waals surface area contributed by atoms with Gasteiger partial charge in [-0.15, -0.1) is 0 Å². The number of nitrogens with zero attached hydrogens (tertiary/aromatic N) is 2. The molecule has 5 heteroatoms. The molecule has 0 bridgehead atoms. The number of hydrogen-bond acceptors (Lipinski definition) is 3. The van der Waals surface area contributed by atoms with Crippen molar-refractivity contribution in [2.45, 2.75) is 13.8 Å². The molecule has 0 unspecified atom stereocenters. The van der Waals surface area contributed by atoms with Crippen molar-refractivity contribution >= 4 is 5.91 Å². The van der Waals surface area contributed by atoms with E-state index in [0.29, 0.717) is 25.5 Å². The van der Waals surface area contributed by atoms with Crippen LogP contribution in [0.5, 0.6) is 0 Å². The van der Waals surface area contributed by atoms with Gasteiger partial charge in [-0.3, -0.25) is 9.89 Å². The number of carbonyl (C=O) groups excluding carboxylic acids is 1. The monoisotopic (exact) mass is 299 g/mol. The summed E-state index contributed by atoms with van der Waals surface area (Å²) in [6.07, 6.45) is 0. The molecule has 1 saturated heterocycles. The predicted octanol–water partition coefficient (Wildman–Crippen LogP) is 2.49.